The van der Waals surface area contributed by atoms with E-state index in [4.69, 9.17) is 0 Å². The van der Waals surface area contributed by atoms with Gasteiger partial charge in [0.05, 0.1) is 0 Å². The zero-order valence-corrected chi connectivity index (χ0v) is 15.7. The van der Waals surface area contributed by atoms with E-state index >= 15 is 0 Å². The molecule has 1 aromatic heterocycles. The molecule has 1 aromatic carbocycles. The molecule has 0 aliphatic carbocycles. The van der Waals surface area contributed by atoms with Crippen LogP contribution in [0.5, 0.6) is 0 Å². The lowest BCUT2D eigenvalue weighted by Gasteiger charge is -2.19. The molecule has 1 aliphatic rings. The average Bonchev–Trinajstić information content (AvgIpc) is 3.13. The van der Waals surface area contributed by atoms with Gasteiger partial charge in [0.2, 0.25) is 0 Å². The van der Waals surface area contributed by atoms with E-state index in [2.05, 4.69) is 32.7 Å². The van der Waals surface area contributed by atoms with E-state index in [1.807, 2.05) is 34.9 Å². The number of hydrogen-bond donors (Lipinski definition) is 2. The van der Waals surface area contributed by atoms with Crippen LogP contribution in [-0.4, -0.2) is 49.4 Å². The first-order chi connectivity index (χ1) is 12.8. The van der Waals surface area contributed by atoms with Gasteiger partial charge in [-0.15, -0.1) is 11.8 Å². The molecule has 26 heavy (non-hydrogen) atoms. The second kappa shape index (κ2) is 9.43. The summed E-state index contributed by atoms with van der Waals surface area (Å²) < 4.78 is 13.9. The fraction of sp³-hybridized carbons (Fsp3) is 0.368. The largest absolute Gasteiger partial charge is 0.356 e. The van der Waals surface area contributed by atoms with Crippen molar-refractivity contribution in [1.29, 1.82) is 0 Å². The van der Waals surface area contributed by atoms with Crippen LogP contribution in [0.3, 0.4) is 0 Å². The molecule has 0 bridgehead atoms. The van der Waals surface area contributed by atoms with Gasteiger partial charge < -0.3 is 15.5 Å². The van der Waals surface area contributed by atoms with Crippen molar-refractivity contribution in [3.63, 3.8) is 0 Å². The van der Waals surface area contributed by atoms with Gasteiger partial charge in [-0.3, -0.25) is 4.99 Å². The van der Waals surface area contributed by atoms with Crippen LogP contribution >= 0.6 is 11.8 Å². The van der Waals surface area contributed by atoms with Crippen LogP contribution in [0.1, 0.15) is 6.42 Å². The molecular weight excluding hydrogens is 349 g/mol. The zero-order valence-electron chi connectivity index (χ0n) is 14.9. The Labute approximate surface area is 158 Å². The van der Waals surface area contributed by atoms with Gasteiger partial charge >= 0.3 is 0 Å². The Hall–Kier alpha value is -2.28. The normalized spacial score (nSPS) is 17.4. The number of pyridine rings is 1. The highest BCUT2D eigenvalue weighted by Gasteiger charge is 2.25. The number of hydrogen-bond acceptors (Lipinski definition) is 4. The fourth-order valence-electron chi connectivity index (χ4n) is 2.92. The van der Waals surface area contributed by atoms with Gasteiger partial charge in [-0.2, -0.15) is 0 Å². The molecule has 138 valence electrons. The first kappa shape index (κ1) is 18.5. The van der Waals surface area contributed by atoms with Crippen molar-refractivity contribution < 1.29 is 4.39 Å². The predicted molar refractivity (Wildman–Crippen MR) is 106 cm³/mol. The molecule has 1 saturated heterocycles. The monoisotopic (exact) mass is 373 g/mol. The fourth-order valence-corrected chi connectivity index (χ4v) is 3.71. The van der Waals surface area contributed by atoms with E-state index in [1.165, 1.54) is 11.0 Å². The van der Waals surface area contributed by atoms with Gasteiger partial charge in [-0.05, 0) is 30.7 Å². The highest BCUT2D eigenvalue weighted by Crippen LogP contribution is 2.20. The summed E-state index contributed by atoms with van der Waals surface area (Å²) in [6.45, 7) is 2.32. The van der Waals surface area contributed by atoms with Crippen molar-refractivity contribution in [3.8, 4) is 0 Å². The molecule has 0 saturated carbocycles. The minimum atomic E-state index is -0.270. The molecule has 0 amide bonds. The molecule has 1 atom stereocenters. The lowest BCUT2D eigenvalue weighted by Crippen LogP contribution is -2.45. The van der Waals surface area contributed by atoms with E-state index in [0.29, 0.717) is 12.4 Å². The van der Waals surface area contributed by atoms with Crippen LogP contribution in [0.25, 0.3) is 0 Å². The SMILES string of the molecule is CN=C(NCCSc1ccccc1)NC1CCN(c2ncccc2F)C1. The molecular formula is C19H24FN5S. The minimum Gasteiger partial charge on any atom is -0.356 e. The number of halogens is 1. The van der Waals surface area contributed by atoms with Gasteiger partial charge in [-0.25, -0.2) is 9.37 Å². The summed E-state index contributed by atoms with van der Waals surface area (Å²) in [4.78, 5) is 11.7. The topological polar surface area (TPSA) is 52.6 Å². The third-order valence-corrected chi connectivity index (χ3v) is 5.21. The maximum absolute atomic E-state index is 13.9. The smallest absolute Gasteiger partial charge is 0.191 e. The summed E-state index contributed by atoms with van der Waals surface area (Å²) in [7, 11) is 1.77. The van der Waals surface area contributed by atoms with E-state index in [-0.39, 0.29) is 11.9 Å². The van der Waals surface area contributed by atoms with Gasteiger partial charge in [0, 0.05) is 49.6 Å². The van der Waals surface area contributed by atoms with Crippen molar-refractivity contribution in [1.82, 2.24) is 15.6 Å². The van der Waals surface area contributed by atoms with Crippen LogP contribution in [0.4, 0.5) is 10.2 Å². The molecule has 0 spiro atoms. The molecule has 7 heteroatoms. The highest BCUT2D eigenvalue weighted by atomic mass is 32.2. The third-order valence-electron chi connectivity index (χ3n) is 4.20. The molecule has 5 nitrogen and oxygen atoms in total. The van der Waals surface area contributed by atoms with Gasteiger partial charge in [-0.1, -0.05) is 18.2 Å². The summed E-state index contributed by atoms with van der Waals surface area (Å²) in [6.07, 6.45) is 2.56. The van der Waals surface area contributed by atoms with Crippen molar-refractivity contribution in [2.24, 2.45) is 4.99 Å². The quantitative estimate of drug-likeness (QED) is 0.353. The summed E-state index contributed by atoms with van der Waals surface area (Å²) >= 11 is 1.81. The van der Waals surface area contributed by atoms with Crippen molar-refractivity contribution in [2.75, 3.05) is 37.3 Å². The van der Waals surface area contributed by atoms with E-state index in [9.17, 15) is 4.39 Å². The van der Waals surface area contributed by atoms with E-state index in [0.717, 1.165) is 31.2 Å². The molecule has 0 radical (unpaired) electrons. The number of rotatable bonds is 6. The summed E-state index contributed by atoms with van der Waals surface area (Å²) in [5.41, 5.74) is 0. The van der Waals surface area contributed by atoms with Crippen LogP contribution in [-0.2, 0) is 0 Å². The van der Waals surface area contributed by atoms with E-state index in [1.54, 1.807) is 19.3 Å². The lowest BCUT2D eigenvalue weighted by atomic mass is 10.3. The second-order valence-corrected chi connectivity index (χ2v) is 7.21. The number of nitrogens with one attached hydrogen (secondary N) is 2. The number of nitrogens with zero attached hydrogens (tertiary/aromatic N) is 3. The Bertz CT molecular complexity index is 725. The standard InChI is InChI=1S/C19H24FN5S/c1-21-19(23-11-13-26-16-6-3-2-4-7-16)24-15-9-12-25(14-15)18-17(20)8-5-10-22-18/h2-8,10,15H,9,11-14H2,1H3,(H2,21,23,24). The molecule has 3 rings (SSSR count). The number of anilines is 1. The molecule has 1 aliphatic heterocycles. The Morgan fingerprint density at radius 2 is 2.15 bits per heavy atom. The van der Waals surface area contributed by atoms with Crippen LogP contribution < -0.4 is 15.5 Å². The first-order valence-electron chi connectivity index (χ1n) is 8.77. The van der Waals surface area contributed by atoms with Gasteiger partial charge in [0.25, 0.3) is 0 Å². The van der Waals surface area contributed by atoms with Crippen LogP contribution in [0.15, 0.2) is 58.5 Å². The Morgan fingerprint density at radius 3 is 2.92 bits per heavy atom. The molecule has 2 N–H and O–H groups in total. The number of guanidine groups is 1. The Morgan fingerprint density at radius 1 is 1.31 bits per heavy atom. The number of benzene rings is 1. The third kappa shape index (κ3) is 5.11. The molecule has 2 aromatic rings. The number of thioether (sulfide) groups is 1. The number of aromatic nitrogens is 1. The lowest BCUT2D eigenvalue weighted by molar-refractivity contribution is 0.612. The molecule has 2 heterocycles. The maximum atomic E-state index is 13.9. The van der Waals surface area contributed by atoms with Crippen molar-refractivity contribution >= 4 is 23.5 Å². The summed E-state index contributed by atoms with van der Waals surface area (Å²) in [5.74, 6) is 1.90. The summed E-state index contributed by atoms with van der Waals surface area (Å²) in [6, 6.07) is 13.6. The van der Waals surface area contributed by atoms with Crippen LogP contribution in [0.2, 0.25) is 0 Å². The van der Waals surface area contributed by atoms with Crippen molar-refractivity contribution in [3.05, 3.63) is 54.5 Å². The first-order valence-corrected chi connectivity index (χ1v) is 9.75. The Balaban J connectivity index is 1.42. The van der Waals surface area contributed by atoms with Crippen LogP contribution in [0, 0.1) is 5.82 Å². The average molecular weight is 374 g/mol. The second-order valence-electron chi connectivity index (χ2n) is 6.05. The minimum absolute atomic E-state index is 0.226. The Kier molecular flexibility index (Phi) is 6.71. The van der Waals surface area contributed by atoms with Crippen molar-refractivity contribution in [2.45, 2.75) is 17.4 Å². The summed E-state index contributed by atoms with van der Waals surface area (Å²) in [5, 5.41) is 6.76. The van der Waals surface area contributed by atoms with E-state index < -0.39 is 0 Å². The van der Waals surface area contributed by atoms with Gasteiger partial charge in [0.15, 0.2) is 17.6 Å². The van der Waals surface area contributed by atoms with Gasteiger partial charge in [0.1, 0.15) is 0 Å². The predicted octanol–water partition coefficient (Wildman–Crippen LogP) is 2.76. The number of aliphatic imine (C=N–C) groups is 1. The molecule has 1 unspecified atom stereocenters. The maximum Gasteiger partial charge on any atom is 0.191 e. The zero-order chi connectivity index (χ0) is 18.2. The highest BCUT2D eigenvalue weighted by molar-refractivity contribution is 7.99. The molecule has 1 fully saturated rings.